The second kappa shape index (κ2) is 7.61. The number of furan rings is 1. The molecular weight excluding hydrogens is 287 g/mol. The van der Waals surface area contributed by atoms with E-state index in [0.717, 1.165) is 6.42 Å². The highest BCUT2D eigenvalue weighted by Gasteiger charge is 2.11. The van der Waals surface area contributed by atoms with Crippen molar-refractivity contribution < 1.29 is 18.7 Å². The van der Waals surface area contributed by atoms with Gasteiger partial charge in [-0.05, 0) is 36.8 Å². The third kappa shape index (κ3) is 4.33. The van der Waals surface area contributed by atoms with Gasteiger partial charge in [-0.3, -0.25) is 0 Å². The average Bonchev–Trinajstić information content (AvgIpc) is 3.02. The molecule has 2 amide bonds. The molecule has 1 heterocycles. The van der Waals surface area contributed by atoms with Crippen LogP contribution in [0, 0.1) is 5.82 Å². The molecular formula is C16H19FN2O3. The minimum atomic E-state index is -0.602. The number of carbonyl (C=O) groups excluding carboxylic acids is 1. The van der Waals surface area contributed by atoms with Gasteiger partial charge >= 0.3 is 6.03 Å². The van der Waals surface area contributed by atoms with E-state index in [9.17, 15) is 14.3 Å². The zero-order valence-electron chi connectivity index (χ0n) is 12.3. The fourth-order valence-electron chi connectivity index (χ4n) is 2.03. The first-order valence-electron chi connectivity index (χ1n) is 7.16. The Kier molecular flexibility index (Phi) is 5.55. The molecule has 5 nitrogen and oxygen atoms in total. The van der Waals surface area contributed by atoms with E-state index in [-0.39, 0.29) is 12.2 Å². The predicted octanol–water partition coefficient (Wildman–Crippen LogP) is 3.37. The van der Waals surface area contributed by atoms with Crippen molar-refractivity contribution in [2.24, 2.45) is 0 Å². The molecule has 2 rings (SSSR count). The summed E-state index contributed by atoms with van der Waals surface area (Å²) in [4.78, 5) is 11.7. The summed E-state index contributed by atoms with van der Waals surface area (Å²) in [5.41, 5.74) is 0.712. The maximum Gasteiger partial charge on any atom is 0.319 e. The molecule has 0 spiro atoms. The van der Waals surface area contributed by atoms with E-state index in [0.29, 0.717) is 17.7 Å². The Bertz CT molecular complexity index is 614. The van der Waals surface area contributed by atoms with E-state index in [1.54, 1.807) is 18.2 Å². The first-order valence-corrected chi connectivity index (χ1v) is 7.16. The number of carbonyl (C=O) groups is 1. The number of aliphatic hydroxyl groups excluding tert-OH is 1. The molecule has 3 N–H and O–H groups in total. The minimum absolute atomic E-state index is 0.0522. The van der Waals surface area contributed by atoms with Gasteiger partial charge in [-0.2, -0.15) is 0 Å². The largest absolute Gasteiger partial charge is 0.464 e. The monoisotopic (exact) mass is 306 g/mol. The van der Waals surface area contributed by atoms with Gasteiger partial charge in [0.2, 0.25) is 0 Å². The fraction of sp³-hybridized carbons (Fsp3) is 0.312. The van der Waals surface area contributed by atoms with Crippen molar-refractivity contribution in [3.8, 4) is 11.3 Å². The Balaban J connectivity index is 2.00. The molecule has 0 radical (unpaired) electrons. The molecule has 1 aromatic carbocycles. The van der Waals surface area contributed by atoms with Gasteiger partial charge < -0.3 is 20.2 Å². The molecule has 2 aromatic rings. The fourth-order valence-corrected chi connectivity index (χ4v) is 2.03. The van der Waals surface area contributed by atoms with Crippen LogP contribution in [0.5, 0.6) is 0 Å². The molecule has 0 saturated carbocycles. The molecule has 0 aliphatic heterocycles. The number of nitrogens with one attached hydrogen (secondary N) is 2. The highest BCUT2D eigenvalue weighted by molar-refractivity contribution is 5.90. The van der Waals surface area contributed by atoms with Crippen LogP contribution < -0.4 is 10.6 Å². The van der Waals surface area contributed by atoms with Crippen LogP contribution in [-0.2, 0) is 0 Å². The number of anilines is 1. The van der Waals surface area contributed by atoms with Crippen LogP contribution in [-0.4, -0.2) is 23.8 Å². The highest BCUT2D eigenvalue weighted by Crippen LogP contribution is 2.25. The highest BCUT2D eigenvalue weighted by atomic mass is 19.1. The summed E-state index contributed by atoms with van der Waals surface area (Å²) in [6.45, 7) is 2.07. The summed E-state index contributed by atoms with van der Waals surface area (Å²) < 4.78 is 19.0. The Hall–Kier alpha value is -2.34. The number of halogens is 1. The molecule has 0 aliphatic carbocycles. The van der Waals surface area contributed by atoms with Gasteiger partial charge in [-0.25, -0.2) is 9.18 Å². The number of hydrogen-bond donors (Lipinski definition) is 3. The Morgan fingerprint density at radius 3 is 2.91 bits per heavy atom. The molecule has 1 atom stereocenters. The number of rotatable bonds is 6. The van der Waals surface area contributed by atoms with Crippen molar-refractivity contribution in [1.82, 2.24) is 5.32 Å². The van der Waals surface area contributed by atoms with E-state index in [2.05, 4.69) is 10.6 Å². The Morgan fingerprint density at radius 1 is 1.41 bits per heavy atom. The van der Waals surface area contributed by atoms with Gasteiger partial charge in [-0.15, -0.1) is 0 Å². The van der Waals surface area contributed by atoms with Crippen LogP contribution >= 0.6 is 0 Å². The predicted molar refractivity (Wildman–Crippen MR) is 82.0 cm³/mol. The SMILES string of the molecule is CCCC(O)CNC(=O)Nc1cc(-c2ccco2)ccc1F. The lowest BCUT2D eigenvalue weighted by Crippen LogP contribution is -2.35. The van der Waals surface area contributed by atoms with Gasteiger partial charge in [0.15, 0.2) is 0 Å². The molecule has 6 heteroatoms. The average molecular weight is 306 g/mol. The van der Waals surface area contributed by atoms with E-state index in [1.807, 2.05) is 6.92 Å². The van der Waals surface area contributed by atoms with E-state index in [1.165, 1.54) is 18.4 Å². The van der Waals surface area contributed by atoms with Gasteiger partial charge in [0.1, 0.15) is 11.6 Å². The van der Waals surface area contributed by atoms with Crippen molar-refractivity contribution in [3.05, 3.63) is 42.4 Å². The number of aliphatic hydroxyl groups is 1. The molecule has 22 heavy (non-hydrogen) atoms. The van der Waals surface area contributed by atoms with E-state index in [4.69, 9.17) is 4.42 Å². The number of amides is 2. The number of urea groups is 1. The molecule has 0 aliphatic rings. The summed E-state index contributed by atoms with van der Waals surface area (Å²) in [5, 5.41) is 14.5. The van der Waals surface area contributed by atoms with Crippen LogP contribution in [0.2, 0.25) is 0 Å². The van der Waals surface area contributed by atoms with Crippen molar-refractivity contribution >= 4 is 11.7 Å². The Morgan fingerprint density at radius 2 is 2.23 bits per heavy atom. The standard InChI is InChI=1S/C16H19FN2O3/c1-2-4-12(20)10-18-16(21)19-14-9-11(6-7-13(14)17)15-5-3-8-22-15/h3,5-9,12,20H,2,4,10H2,1H3,(H2,18,19,21). The third-order valence-corrected chi connectivity index (χ3v) is 3.14. The molecule has 118 valence electrons. The molecule has 0 bridgehead atoms. The smallest absolute Gasteiger partial charge is 0.319 e. The maximum absolute atomic E-state index is 13.8. The molecule has 1 unspecified atom stereocenters. The van der Waals surface area contributed by atoms with Crippen molar-refractivity contribution in [2.45, 2.75) is 25.9 Å². The maximum atomic E-state index is 13.8. The van der Waals surface area contributed by atoms with Crippen molar-refractivity contribution in [1.29, 1.82) is 0 Å². The first kappa shape index (κ1) is 16.0. The lowest BCUT2D eigenvalue weighted by molar-refractivity contribution is 0.162. The Labute approximate surface area is 128 Å². The lowest BCUT2D eigenvalue weighted by atomic mass is 10.1. The summed E-state index contributed by atoms with van der Waals surface area (Å²) in [6.07, 6.45) is 2.34. The van der Waals surface area contributed by atoms with Gasteiger partial charge in [0.05, 0.1) is 18.1 Å². The third-order valence-electron chi connectivity index (χ3n) is 3.14. The van der Waals surface area contributed by atoms with Gasteiger partial charge in [-0.1, -0.05) is 13.3 Å². The van der Waals surface area contributed by atoms with Crippen LogP contribution in [0.3, 0.4) is 0 Å². The molecule has 1 aromatic heterocycles. The summed E-state index contributed by atoms with van der Waals surface area (Å²) in [6, 6.07) is 7.24. The topological polar surface area (TPSA) is 74.5 Å². The lowest BCUT2D eigenvalue weighted by Gasteiger charge is -2.12. The zero-order chi connectivity index (χ0) is 15.9. The normalized spacial score (nSPS) is 12.0. The quantitative estimate of drug-likeness (QED) is 0.766. The molecule has 0 fully saturated rings. The summed E-state index contributed by atoms with van der Waals surface area (Å²) >= 11 is 0. The van der Waals surface area contributed by atoms with Crippen LogP contribution in [0.1, 0.15) is 19.8 Å². The van der Waals surface area contributed by atoms with E-state index < -0.39 is 18.0 Å². The van der Waals surface area contributed by atoms with Crippen molar-refractivity contribution in [3.63, 3.8) is 0 Å². The van der Waals surface area contributed by atoms with Crippen LogP contribution in [0.4, 0.5) is 14.9 Å². The number of benzene rings is 1. The summed E-state index contributed by atoms with van der Waals surface area (Å²) in [5.74, 6) is 0.0430. The zero-order valence-corrected chi connectivity index (χ0v) is 12.3. The number of hydrogen-bond acceptors (Lipinski definition) is 3. The van der Waals surface area contributed by atoms with Crippen LogP contribution in [0.15, 0.2) is 41.0 Å². The van der Waals surface area contributed by atoms with Crippen molar-refractivity contribution in [2.75, 3.05) is 11.9 Å². The van der Waals surface area contributed by atoms with Crippen LogP contribution in [0.25, 0.3) is 11.3 Å². The second-order valence-electron chi connectivity index (χ2n) is 4.95. The van der Waals surface area contributed by atoms with Gasteiger partial charge in [0.25, 0.3) is 0 Å². The van der Waals surface area contributed by atoms with Gasteiger partial charge in [0, 0.05) is 12.1 Å². The minimum Gasteiger partial charge on any atom is -0.464 e. The van der Waals surface area contributed by atoms with E-state index >= 15 is 0 Å². The molecule has 0 saturated heterocycles. The second-order valence-corrected chi connectivity index (χ2v) is 4.95. The summed E-state index contributed by atoms with van der Waals surface area (Å²) in [7, 11) is 0. The first-order chi connectivity index (χ1) is 10.6.